The quantitative estimate of drug-likeness (QED) is 0.536. The molecule has 8 heteroatoms. The number of amides is 2. The predicted molar refractivity (Wildman–Crippen MR) is 127 cm³/mol. The Labute approximate surface area is 195 Å². The van der Waals surface area contributed by atoms with Crippen LogP contribution in [-0.2, 0) is 9.53 Å². The van der Waals surface area contributed by atoms with Gasteiger partial charge >= 0.3 is 0 Å². The molecule has 1 fully saturated rings. The van der Waals surface area contributed by atoms with Crippen molar-refractivity contribution < 1.29 is 19.1 Å². The number of hydrogen-bond donors (Lipinski definition) is 0. The summed E-state index contributed by atoms with van der Waals surface area (Å²) in [6.45, 7) is 6.49. The summed E-state index contributed by atoms with van der Waals surface area (Å²) in [7, 11) is 0. The van der Waals surface area contributed by atoms with Gasteiger partial charge in [-0.15, -0.1) is 11.3 Å². The molecule has 3 heterocycles. The maximum absolute atomic E-state index is 13.1. The molecular weight excluding hydrogens is 438 g/mol. The molecule has 168 valence electrons. The van der Waals surface area contributed by atoms with E-state index < -0.39 is 0 Å². The van der Waals surface area contributed by atoms with Crippen molar-refractivity contribution in [1.82, 2.24) is 9.88 Å². The van der Waals surface area contributed by atoms with Gasteiger partial charge in [0.25, 0.3) is 5.91 Å². The number of carbonyl (C=O) groups excluding carboxylic acids is 3. The second kappa shape index (κ2) is 8.20. The van der Waals surface area contributed by atoms with Gasteiger partial charge in [-0.2, -0.15) is 0 Å². The number of rotatable bonds is 2. The van der Waals surface area contributed by atoms with E-state index in [1.165, 1.54) is 23.2 Å². The van der Waals surface area contributed by atoms with E-state index in [-0.39, 0.29) is 35.5 Å². The molecule has 2 aromatic carbocycles. The third-order valence-corrected chi connectivity index (χ3v) is 6.76. The van der Waals surface area contributed by atoms with E-state index in [1.807, 2.05) is 30.9 Å². The maximum atomic E-state index is 13.1. The highest BCUT2D eigenvalue weighted by atomic mass is 32.1. The van der Waals surface area contributed by atoms with E-state index >= 15 is 0 Å². The minimum absolute atomic E-state index is 0.000330. The number of ether oxygens (including phenoxy) is 1. The van der Waals surface area contributed by atoms with Crippen LogP contribution in [0.2, 0.25) is 0 Å². The zero-order valence-corrected chi connectivity index (χ0v) is 19.4. The number of benzene rings is 2. The lowest BCUT2D eigenvalue weighted by Gasteiger charge is -2.35. The molecule has 1 saturated heterocycles. The number of aromatic nitrogens is 1. The van der Waals surface area contributed by atoms with Crippen LogP contribution in [0.15, 0.2) is 48.2 Å². The molecular formula is C25H23N3O4S. The predicted octanol–water partition coefficient (Wildman–Crippen LogP) is 4.14. The van der Waals surface area contributed by atoms with Gasteiger partial charge in [0.2, 0.25) is 11.7 Å². The molecule has 2 atom stereocenters. The Balaban J connectivity index is 1.47. The molecule has 0 bridgehead atoms. The molecule has 1 aromatic heterocycles. The van der Waals surface area contributed by atoms with Crippen molar-refractivity contribution in [3.8, 4) is 0 Å². The summed E-state index contributed by atoms with van der Waals surface area (Å²) < 4.78 is 6.58. The van der Waals surface area contributed by atoms with Gasteiger partial charge in [0, 0.05) is 37.2 Å². The Kier molecular flexibility index (Phi) is 5.34. The molecule has 5 rings (SSSR count). The van der Waals surface area contributed by atoms with Gasteiger partial charge in [-0.05, 0) is 44.2 Å². The summed E-state index contributed by atoms with van der Waals surface area (Å²) >= 11 is 1.38. The molecule has 0 aliphatic carbocycles. The highest BCUT2D eigenvalue weighted by molar-refractivity contribution is 7.19. The van der Waals surface area contributed by atoms with Crippen LogP contribution >= 0.6 is 11.3 Å². The van der Waals surface area contributed by atoms with E-state index in [0.29, 0.717) is 34.9 Å². The van der Waals surface area contributed by atoms with Crippen molar-refractivity contribution in [3.05, 3.63) is 64.3 Å². The number of fused-ring (bicyclic) bond motifs is 2. The van der Waals surface area contributed by atoms with Gasteiger partial charge in [0.1, 0.15) is 5.01 Å². The van der Waals surface area contributed by atoms with Gasteiger partial charge < -0.3 is 9.64 Å². The first-order valence-corrected chi connectivity index (χ1v) is 11.6. The van der Waals surface area contributed by atoms with Crippen molar-refractivity contribution in [1.29, 1.82) is 0 Å². The third kappa shape index (κ3) is 3.85. The van der Waals surface area contributed by atoms with Crippen molar-refractivity contribution in [3.63, 3.8) is 0 Å². The summed E-state index contributed by atoms with van der Waals surface area (Å²) in [6.07, 6.45) is 1.65. The number of nitrogens with zero attached hydrogens (tertiary/aromatic N) is 3. The first-order chi connectivity index (χ1) is 15.8. The molecule has 0 radical (unpaired) electrons. The van der Waals surface area contributed by atoms with E-state index in [9.17, 15) is 14.4 Å². The van der Waals surface area contributed by atoms with Crippen LogP contribution < -0.4 is 4.90 Å². The minimum Gasteiger partial charge on any atom is -0.372 e. The van der Waals surface area contributed by atoms with E-state index in [1.54, 1.807) is 36.4 Å². The zero-order valence-electron chi connectivity index (χ0n) is 18.6. The number of allylic oxidation sites excluding steroid dienone is 1. The van der Waals surface area contributed by atoms with Crippen LogP contribution in [0.25, 0.3) is 16.3 Å². The van der Waals surface area contributed by atoms with Crippen molar-refractivity contribution in [2.75, 3.05) is 18.0 Å². The van der Waals surface area contributed by atoms with Crippen molar-refractivity contribution in [2.24, 2.45) is 0 Å². The summed E-state index contributed by atoms with van der Waals surface area (Å²) in [5, 5.41) is 0.602. The second-order valence-corrected chi connectivity index (χ2v) is 9.49. The SMILES string of the molecule is CC(=O)N1C(=Cc2nc3ccc(C(=O)N4CC(C)OC(C)C4)cc3s2)C(=O)c2ccccc21. The lowest BCUT2D eigenvalue weighted by molar-refractivity contribution is -0.116. The second-order valence-electron chi connectivity index (χ2n) is 8.43. The minimum atomic E-state index is -0.234. The number of anilines is 1. The standard InChI is InChI=1S/C25H23N3O4S/c1-14-12-27(13-15(2)32-14)25(31)17-8-9-19-22(10-17)33-23(26-19)11-21-24(30)18-6-4-5-7-20(18)28(21)16(3)29/h4-11,14-15H,12-13H2,1-3H3. The fourth-order valence-electron chi connectivity index (χ4n) is 4.48. The monoisotopic (exact) mass is 461 g/mol. The summed E-state index contributed by atoms with van der Waals surface area (Å²) in [4.78, 5) is 46.2. The van der Waals surface area contributed by atoms with Crippen molar-refractivity contribution >= 4 is 50.9 Å². The maximum Gasteiger partial charge on any atom is 0.254 e. The number of morpholine rings is 1. The average Bonchev–Trinajstić information content (AvgIpc) is 3.30. The molecule has 33 heavy (non-hydrogen) atoms. The summed E-state index contributed by atoms with van der Waals surface area (Å²) in [5.41, 5.74) is 2.72. The molecule has 2 amide bonds. The Bertz CT molecular complexity index is 1320. The molecule has 2 aliphatic rings. The molecule has 2 unspecified atom stereocenters. The van der Waals surface area contributed by atoms with E-state index in [4.69, 9.17) is 4.74 Å². The molecule has 7 nitrogen and oxygen atoms in total. The van der Waals surface area contributed by atoms with E-state index in [0.717, 1.165) is 10.2 Å². The lowest BCUT2D eigenvalue weighted by atomic mass is 10.1. The number of hydrogen-bond acceptors (Lipinski definition) is 6. The van der Waals surface area contributed by atoms with Gasteiger partial charge in [-0.25, -0.2) is 4.98 Å². The summed E-state index contributed by atoms with van der Waals surface area (Å²) in [5.74, 6) is -0.467. The summed E-state index contributed by atoms with van der Waals surface area (Å²) in [6, 6.07) is 12.5. The Morgan fingerprint density at radius 2 is 1.85 bits per heavy atom. The number of carbonyl (C=O) groups is 3. The first kappa shape index (κ1) is 21.5. The van der Waals surface area contributed by atoms with Crippen LogP contribution in [-0.4, -0.2) is 52.8 Å². The number of thiazole rings is 1. The zero-order chi connectivity index (χ0) is 23.3. The Morgan fingerprint density at radius 1 is 1.12 bits per heavy atom. The van der Waals surface area contributed by atoms with Gasteiger partial charge in [0.15, 0.2) is 0 Å². The molecule has 2 aliphatic heterocycles. The largest absolute Gasteiger partial charge is 0.372 e. The number of para-hydroxylation sites is 1. The number of ketones is 1. The van der Waals surface area contributed by atoms with Gasteiger partial charge in [0.05, 0.1) is 33.8 Å². The van der Waals surface area contributed by atoms with Crippen LogP contribution in [0.1, 0.15) is 46.5 Å². The topological polar surface area (TPSA) is 79.8 Å². The molecule has 0 saturated carbocycles. The fourth-order valence-corrected chi connectivity index (χ4v) is 5.42. The van der Waals surface area contributed by atoms with Gasteiger partial charge in [-0.3, -0.25) is 19.3 Å². The smallest absolute Gasteiger partial charge is 0.254 e. The van der Waals surface area contributed by atoms with Crippen LogP contribution in [0.3, 0.4) is 0 Å². The van der Waals surface area contributed by atoms with Crippen LogP contribution in [0.5, 0.6) is 0 Å². The van der Waals surface area contributed by atoms with Crippen LogP contribution in [0.4, 0.5) is 5.69 Å². The fraction of sp³-hybridized carbons (Fsp3) is 0.280. The van der Waals surface area contributed by atoms with Crippen LogP contribution in [0, 0.1) is 0 Å². The van der Waals surface area contributed by atoms with Gasteiger partial charge in [-0.1, -0.05) is 12.1 Å². The highest BCUT2D eigenvalue weighted by Crippen LogP contribution is 2.36. The molecule has 0 spiro atoms. The highest BCUT2D eigenvalue weighted by Gasteiger charge is 2.34. The van der Waals surface area contributed by atoms with Crippen molar-refractivity contribution in [2.45, 2.75) is 33.0 Å². The Hall–Kier alpha value is -3.36. The number of Topliss-reactive ketones (excluding diaryl/α,β-unsaturated/α-hetero) is 1. The lowest BCUT2D eigenvalue weighted by Crippen LogP contribution is -2.48. The molecule has 0 N–H and O–H groups in total. The third-order valence-electron chi connectivity index (χ3n) is 5.80. The Morgan fingerprint density at radius 3 is 2.58 bits per heavy atom. The first-order valence-electron chi connectivity index (χ1n) is 10.8. The normalized spacial score (nSPS) is 21.7. The molecule has 3 aromatic rings. The average molecular weight is 462 g/mol. The van der Waals surface area contributed by atoms with E-state index in [2.05, 4.69) is 4.98 Å².